The van der Waals surface area contributed by atoms with Gasteiger partial charge in [0.1, 0.15) is 17.2 Å². The Morgan fingerprint density at radius 1 is 1.13 bits per heavy atom. The van der Waals surface area contributed by atoms with Crippen LogP contribution in [0, 0.1) is 11.8 Å². The molecule has 164 valence electrons. The molecular weight excluding hydrogens is 427 g/mol. The molecule has 3 aromatic rings. The minimum atomic E-state index is -4.42. The number of aromatic nitrogens is 4. The number of rotatable bonds is 5. The number of benzene rings is 1. The first-order chi connectivity index (χ1) is 14.8. The van der Waals surface area contributed by atoms with E-state index in [1.807, 2.05) is 6.07 Å². The Morgan fingerprint density at radius 2 is 1.90 bits per heavy atom. The van der Waals surface area contributed by atoms with Crippen LogP contribution in [0.15, 0.2) is 46.2 Å². The number of hydrogen-bond acceptors (Lipinski definition) is 7. The summed E-state index contributed by atoms with van der Waals surface area (Å²) in [6, 6.07) is 6.82. The van der Waals surface area contributed by atoms with Crippen LogP contribution in [0.1, 0.15) is 31.7 Å². The van der Waals surface area contributed by atoms with E-state index >= 15 is 0 Å². The van der Waals surface area contributed by atoms with Crippen LogP contribution in [0.2, 0.25) is 0 Å². The van der Waals surface area contributed by atoms with E-state index < -0.39 is 11.7 Å². The SMILES string of the molecule is CC1CC(C)CN(c2cc(SCc3nc(-c4cccc(C(F)(F)F)c4)no3)ncn2)C1. The Balaban J connectivity index is 1.42. The highest BCUT2D eigenvalue weighted by molar-refractivity contribution is 7.98. The average molecular weight is 450 g/mol. The van der Waals surface area contributed by atoms with E-state index in [-0.39, 0.29) is 11.4 Å². The predicted molar refractivity (Wildman–Crippen MR) is 111 cm³/mol. The molecule has 10 heteroatoms. The van der Waals surface area contributed by atoms with Crippen LogP contribution in [-0.2, 0) is 11.9 Å². The summed E-state index contributed by atoms with van der Waals surface area (Å²) in [6.07, 6.45) is -1.66. The van der Waals surface area contributed by atoms with E-state index in [0.29, 0.717) is 23.5 Å². The number of halogens is 3. The predicted octanol–water partition coefficient (Wildman–Crippen LogP) is 5.32. The minimum absolute atomic E-state index is 0.126. The summed E-state index contributed by atoms with van der Waals surface area (Å²) in [5.74, 6) is 2.92. The summed E-state index contributed by atoms with van der Waals surface area (Å²) < 4.78 is 44.0. The Morgan fingerprint density at radius 3 is 2.65 bits per heavy atom. The van der Waals surface area contributed by atoms with Crippen molar-refractivity contribution in [2.75, 3.05) is 18.0 Å². The Labute approximate surface area is 182 Å². The first-order valence-corrected chi connectivity index (χ1v) is 11.0. The summed E-state index contributed by atoms with van der Waals surface area (Å²) in [5, 5.41) is 4.59. The lowest BCUT2D eigenvalue weighted by molar-refractivity contribution is -0.137. The lowest BCUT2D eigenvalue weighted by Gasteiger charge is -2.35. The van der Waals surface area contributed by atoms with Crippen molar-refractivity contribution in [3.63, 3.8) is 0 Å². The van der Waals surface area contributed by atoms with Gasteiger partial charge in [0.05, 0.1) is 11.3 Å². The third-order valence-corrected chi connectivity index (χ3v) is 5.99. The maximum absolute atomic E-state index is 12.9. The van der Waals surface area contributed by atoms with Gasteiger partial charge in [-0.25, -0.2) is 9.97 Å². The normalized spacial score (nSPS) is 19.6. The number of piperidine rings is 1. The van der Waals surface area contributed by atoms with Crippen molar-refractivity contribution in [1.82, 2.24) is 20.1 Å². The van der Waals surface area contributed by atoms with Gasteiger partial charge in [0, 0.05) is 24.7 Å². The van der Waals surface area contributed by atoms with E-state index in [4.69, 9.17) is 4.52 Å². The third kappa shape index (κ3) is 5.36. The standard InChI is InChI=1S/C21H22F3N5OS/c1-13-6-14(2)10-29(9-13)17-8-19(26-12-25-17)31-11-18-27-20(28-30-18)15-4-3-5-16(7-15)21(22,23)24/h3-5,7-8,12-14H,6,9-11H2,1-2H3. The van der Waals surface area contributed by atoms with Crippen molar-refractivity contribution >= 4 is 17.6 Å². The second-order valence-corrected chi connectivity index (χ2v) is 8.94. The van der Waals surface area contributed by atoms with Gasteiger partial charge in [0.2, 0.25) is 11.7 Å². The molecule has 0 aliphatic carbocycles. The summed E-state index contributed by atoms with van der Waals surface area (Å²) in [6.45, 7) is 6.43. The summed E-state index contributed by atoms with van der Waals surface area (Å²) in [7, 11) is 0. The first kappa shape index (κ1) is 21.6. The van der Waals surface area contributed by atoms with Gasteiger partial charge in [-0.1, -0.05) is 42.9 Å². The molecular formula is C21H22F3N5OS. The molecule has 2 atom stereocenters. The number of anilines is 1. The second kappa shape index (κ2) is 8.86. The van der Waals surface area contributed by atoms with Crippen LogP contribution in [0.3, 0.4) is 0 Å². The second-order valence-electron chi connectivity index (χ2n) is 7.94. The third-order valence-electron chi connectivity index (χ3n) is 5.08. The topological polar surface area (TPSA) is 67.9 Å². The van der Waals surface area contributed by atoms with Gasteiger partial charge in [-0.3, -0.25) is 0 Å². The smallest absolute Gasteiger partial charge is 0.356 e. The lowest BCUT2D eigenvalue weighted by Crippen LogP contribution is -2.39. The Hall–Kier alpha value is -2.62. The molecule has 0 bridgehead atoms. The molecule has 4 rings (SSSR count). The van der Waals surface area contributed by atoms with Crippen molar-refractivity contribution in [3.05, 3.63) is 48.1 Å². The first-order valence-electron chi connectivity index (χ1n) is 9.98. The Kier molecular flexibility index (Phi) is 6.17. The molecule has 2 aromatic heterocycles. The molecule has 1 aromatic carbocycles. The Bertz CT molecular complexity index is 1030. The zero-order chi connectivity index (χ0) is 22.0. The molecule has 31 heavy (non-hydrogen) atoms. The molecule has 6 nitrogen and oxygen atoms in total. The number of alkyl halides is 3. The van der Waals surface area contributed by atoms with Crippen LogP contribution in [0.5, 0.6) is 0 Å². The average Bonchev–Trinajstić information content (AvgIpc) is 3.20. The molecule has 1 saturated heterocycles. The van der Waals surface area contributed by atoms with Gasteiger partial charge >= 0.3 is 6.18 Å². The van der Waals surface area contributed by atoms with E-state index in [2.05, 4.69) is 38.9 Å². The number of nitrogens with zero attached hydrogens (tertiary/aromatic N) is 5. The van der Waals surface area contributed by atoms with Crippen LogP contribution >= 0.6 is 11.8 Å². The summed E-state index contributed by atoms with van der Waals surface area (Å²) >= 11 is 1.42. The monoisotopic (exact) mass is 449 g/mol. The van der Waals surface area contributed by atoms with E-state index in [1.54, 1.807) is 6.33 Å². The number of hydrogen-bond donors (Lipinski definition) is 0. The number of thioether (sulfide) groups is 1. The fourth-order valence-corrected chi connectivity index (χ4v) is 4.53. The quantitative estimate of drug-likeness (QED) is 0.386. The van der Waals surface area contributed by atoms with Crippen molar-refractivity contribution < 1.29 is 17.7 Å². The molecule has 1 aliphatic rings. The van der Waals surface area contributed by atoms with Crippen molar-refractivity contribution in [3.8, 4) is 11.4 Å². The van der Waals surface area contributed by atoms with Gasteiger partial charge in [-0.15, -0.1) is 0 Å². The fourth-order valence-electron chi connectivity index (χ4n) is 3.83. The van der Waals surface area contributed by atoms with Gasteiger partial charge in [-0.2, -0.15) is 18.2 Å². The molecule has 0 N–H and O–H groups in total. The van der Waals surface area contributed by atoms with Crippen molar-refractivity contribution in [2.45, 2.75) is 37.2 Å². The molecule has 1 fully saturated rings. The largest absolute Gasteiger partial charge is 0.416 e. The zero-order valence-corrected chi connectivity index (χ0v) is 18.0. The molecule has 0 saturated carbocycles. The van der Waals surface area contributed by atoms with Gasteiger partial charge in [0.15, 0.2) is 0 Å². The van der Waals surface area contributed by atoms with Crippen LogP contribution in [0.25, 0.3) is 11.4 Å². The molecule has 2 unspecified atom stereocenters. The van der Waals surface area contributed by atoms with Gasteiger partial charge < -0.3 is 9.42 Å². The summed E-state index contributed by atoms with van der Waals surface area (Å²) in [5.41, 5.74) is -0.493. The minimum Gasteiger partial charge on any atom is -0.356 e. The van der Waals surface area contributed by atoms with E-state index in [0.717, 1.165) is 36.1 Å². The van der Waals surface area contributed by atoms with Crippen molar-refractivity contribution in [1.29, 1.82) is 0 Å². The zero-order valence-electron chi connectivity index (χ0n) is 17.1. The highest BCUT2D eigenvalue weighted by Gasteiger charge is 2.30. The van der Waals surface area contributed by atoms with Gasteiger partial charge in [0.25, 0.3) is 0 Å². The maximum Gasteiger partial charge on any atom is 0.416 e. The fraction of sp³-hybridized carbons (Fsp3) is 0.429. The highest BCUT2D eigenvalue weighted by atomic mass is 32.2. The van der Waals surface area contributed by atoms with Crippen LogP contribution in [-0.4, -0.2) is 33.2 Å². The van der Waals surface area contributed by atoms with E-state index in [1.165, 1.54) is 30.3 Å². The van der Waals surface area contributed by atoms with Gasteiger partial charge in [-0.05, 0) is 30.4 Å². The maximum atomic E-state index is 12.9. The molecule has 0 radical (unpaired) electrons. The molecule has 0 spiro atoms. The highest BCUT2D eigenvalue weighted by Crippen LogP contribution is 2.32. The lowest BCUT2D eigenvalue weighted by atomic mass is 9.92. The molecule has 1 aliphatic heterocycles. The van der Waals surface area contributed by atoms with E-state index in [9.17, 15) is 13.2 Å². The molecule has 3 heterocycles. The van der Waals surface area contributed by atoms with Crippen LogP contribution < -0.4 is 4.90 Å². The van der Waals surface area contributed by atoms with Crippen molar-refractivity contribution in [2.24, 2.45) is 11.8 Å². The molecule has 0 amide bonds. The van der Waals surface area contributed by atoms with Crippen LogP contribution in [0.4, 0.5) is 19.0 Å². The summed E-state index contributed by atoms with van der Waals surface area (Å²) in [4.78, 5) is 15.2.